The number of hydrogen-bond donors (Lipinski definition) is 1. The first-order chi connectivity index (χ1) is 11.5. The summed E-state index contributed by atoms with van der Waals surface area (Å²) in [5, 5.41) is 0.794. The molecule has 5 nitrogen and oxygen atoms in total. The van der Waals surface area contributed by atoms with Crippen molar-refractivity contribution in [1.82, 2.24) is 14.9 Å². The smallest absolute Gasteiger partial charge is 0.231 e. The van der Waals surface area contributed by atoms with Crippen LogP contribution in [0.1, 0.15) is 28.3 Å². The lowest BCUT2D eigenvalue weighted by atomic mass is 10.00. The van der Waals surface area contributed by atoms with Crippen molar-refractivity contribution in [2.24, 2.45) is 0 Å². The fraction of sp³-hybridized carbons (Fsp3) is 0.333. The number of aromatic nitrogens is 2. The molecule has 3 heterocycles. The SMILES string of the molecule is Cc1oc2nc(CN3CCc4ccc(F)cc4C3)nc(N)c2c1C. The minimum absolute atomic E-state index is 0.195. The number of furan rings is 1. The van der Waals surface area contributed by atoms with E-state index in [1.54, 1.807) is 6.07 Å². The fourth-order valence-electron chi connectivity index (χ4n) is 3.32. The number of nitrogen functional groups attached to an aromatic ring is 1. The number of halogens is 1. The monoisotopic (exact) mass is 326 g/mol. The minimum atomic E-state index is -0.195. The molecule has 6 heteroatoms. The van der Waals surface area contributed by atoms with Gasteiger partial charge in [0.15, 0.2) is 0 Å². The van der Waals surface area contributed by atoms with Gasteiger partial charge in [-0.2, -0.15) is 4.98 Å². The van der Waals surface area contributed by atoms with E-state index < -0.39 is 0 Å². The first kappa shape index (κ1) is 15.1. The van der Waals surface area contributed by atoms with Crippen LogP contribution >= 0.6 is 0 Å². The van der Waals surface area contributed by atoms with Gasteiger partial charge in [0.1, 0.15) is 23.2 Å². The van der Waals surface area contributed by atoms with E-state index in [4.69, 9.17) is 10.2 Å². The molecule has 2 aromatic heterocycles. The third-order valence-corrected chi connectivity index (χ3v) is 4.73. The minimum Gasteiger partial charge on any atom is -0.443 e. The van der Waals surface area contributed by atoms with Crippen molar-refractivity contribution in [2.75, 3.05) is 12.3 Å². The van der Waals surface area contributed by atoms with Gasteiger partial charge in [-0.15, -0.1) is 0 Å². The molecule has 24 heavy (non-hydrogen) atoms. The maximum atomic E-state index is 13.4. The van der Waals surface area contributed by atoms with Gasteiger partial charge in [-0.1, -0.05) is 6.07 Å². The Morgan fingerprint density at radius 2 is 2.08 bits per heavy atom. The van der Waals surface area contributed by atoms with Gasteiger partial charge < -0.3 is 10.2 Å². The summed E-state index contributed by atoms with van der Waals surface area (Å²) in [6, 6.07) is 5.00. The van der Waals surface area contributed by atoms with Gasteiger partial charge in [-0.05, 0) is 43.5 Å². The first-order valence-corrected chi connectivity index (χ1v) is 8.03. The summed E-state index contributed by atoms with van der Waals surface area (Å²) in [5.74, 6) is 1.70. The Bertz CT molecular complexity index is 934. The van der Waals surface area contributed by atoms with Crippen molar-refractivity contribution in [1.29, 1.82) is 0 Å². The van der Waals surface area contributed by atoms with Crippen molar-refractivity contribution >= 4 is 16.9 Å². The molecule has 1 aliphatic heterocycles. The average Bonchev–Trinajstić information content (AvgIpc) is 2.82. The number of nitrogens with two attached hydrogens (primary N) is 1. The summed E-state index contributed by atoms with van der Waals surface area (Å²) >= 11 is 0. The average molecular weight is 326 g/mol. The molecule has 0 amide bonds. The van der Waals surface area contributed by atoms with Gasteiger partial charge in [0, 0.05) is 18.7 Å². The highest BCUT2D eigenvalue weighted by atomic mass is 19.1. The second-order valence-corrected chi connectivity index (χ2v) is 6.36. The van der Waals surface area contributed by atoms with Gasteiger partial charge in [0.05, 0.1) is 11.9 Å². The van der Waals surface area contributed by atoms with Gasteiger partial charge >= 0.3 is 0 Å². The molecule has 0 bridgehead atoms. The molecule has 0 fully saturated rings. The van der Waals surface area contributed by atoms with Crippen molar-refractivity contribution in [3.63, 3.8) is 0 Å². The van der Waals surface area contributed by atoms with Crippen LogP contribution in [0.5, 0.6) is 0 Å². The summed E-state index contributed by atoms with van der Waals surface area (Å²) in [5.41, 5.74) is 9.85. The highest BCUT2D eigenvalue weighted by molar-refractivity contribution is 5.88. The van der Waals surface area contributed by atoms with Crippen LogP contribution in [-0.4, -0.2) is 21.4 Å². The standard InChI is InChI=1S/C18H19FN4O/c1-10-11(2)24-18-16(10)17(20)21-15(22-18)9-23-6-5-12-3-4-14(19)7-13(12)8-23/h3-4,7H,5-6,8-9H2,1-2H3,(H2,20,21,22). The molecule has 124 valence electrons. The summed E-state index contributed by atoms with van der Waals surface area (Å²) in [6.07, 6.45) is 0.895. The third-order valence-electron chi connectivity index (χ3n) is 4.73. The quantitative estimate of drug-likeness (QED) is 0.783. The van der Waals surface area contributed by atoms with Crippen LogP contribution in [0.2, 0.25) is 0 Å². The molecular formula is C18H19FN4O. The second kappa shape index (κ2) is 5.56. The van der Waals surface area contributed by atoms with Crippen molar-refractivity contribution in [2.45, 2.75) is 33.4 Å². The maximum Gasteiger partial charge on any atom is 0.231 e. The molecule has 0 saturated carbocycles. The van der Waals surface area contributed by atoms with Crippen LogP contribution in [0.3, 0.4) is 0 Å². The predicted molar refractivity (Wildman–Crippen MR) is 89.9 cm³/mol. The van der Waals surface area contributed by atoms with Crippen LogP contribution < -0.4 is 5.73 Å². The van der Waals surface area contributed by atoms with Crippen molar-refractivity contribution in [3.05, 3.63) is 52.3 Å². The molecule has 0 atom stereocenters. The van der Waals surface area contributed by atoms with E-state index in [0.29, 0.717) is 30.4 Å². The molecule has 0 radical (unpaired) electrons. The number of hydrogen-bond acceptors (Lipinski definition) is 5. The second-order valence-electron chi connectivity index (χ2n) is 6.36. The molecule has 0 spiro atoms. The van der Waals surface area contributed by atoms with E-state index in [-0.39, 0.29) is 5.82 Å². The largest absolute Gasteiger partial charge is 0.443 e. The number of anilines is 1. The predicted octanol–water partition coefficient (Wildman–Crippen LogP) is 3.12. The lowest BCUT2D eigenvalue weighted by molar-refractivity contribution is 0.239. The van der Waals surface area contributed by atoms with Crippen LogP contribution in [0.25, 0.3) is 11.1 Å². The van der Waals surface area contributed by atoms with Gasteiger partial charge in [0.25, 0.3) is 0 Å². The van der Waals surface area contributed by atoms with E-state index in [1.165, 1.54) is 11.6 Å². The Labute approximate surface area is 139 Å². The molecular weight excluding hydrogens is 307 g/mol. The highest BCUT2D eigenvalue weighted by Gasteiger charge is 2.20. The van der Waals surface area contributed by atoms with Crippen molar-refractivity contribution in [3.8, 4) is 0 Å². The van der Waals surface area contributed by atoms with Gasteiger partial charge in [-0.25, -0.2) is 9.37 Å². The molecule has 1 aliphatic rings. The molecule has 3 aromatic rings. The zero-order valence-corrected chi connectivity index (χ0v) is 13.8. The van der Waals surface area contributed by atoms with E-state index >= 15 is 0 Å². The lowest BCUT2D eigenvalue weighted by Crippen LogP contribution is -2.30. The number of benzene rings is 1. The number of aryl methyl sites for hydroxylation is 2. The Morgan fingerprint density at radius 3 is 2.92 bits per heavy atom. The molecule has 2 N–H and O–H groups in total. The Balaban J connectivity index is 1.61. The van der Waals surface area contributed by atoms with E-state index in [9.17, 15) is 4.39 Å². The van der Waals surface area contributed by atoms with Gasteiger partial charge in [-0.3, -0.25) is 4.90 Å². The summed E-state index contributed by atoms with van der Waals surface area (Å²) < 4.78 is 19.1. The van der Waals surface area contributed by atoms with Crippen LogP contribution in [-0.2, 0) is 19.5 Å². The fourth-order valence-corrected chi connectivity index (χ4v) is 3.32. The van der Waals surface area contributed by atoms with E-state index in [0.717, 1.165) is 35.2 Å². The maximum absolute atomic E-state index is 13.4. The molecule has 0 aliphatic carbocycles. The zero-order valence-electron chi connectivity index (χ0n) is 13.8. The van der Waals surface area contributed by atoms with Crippen molar-refractivity contribution < 1.29 is 8.81 Å². The van der Waals surface area contributed by atoms with E-state index in [2.05, 4.69) is 14.9 Å². The van der Waals surface area contributed by atoms with Crippen LogP contribution in [0.4, 0.5) is 10.2 Å². The number of nitrogens with zero attached hydrogens (tertiary/aromatic N) is 3. The Morgan fingerprint density at radius 1 is 1.25 bits per heavy atom. The topological polar surface area (TPSA) is 68.2 Å². The summed E-state index contributed by atoms with van der Waals surface area (Å²) in [4.78, 5) is 11.1. The normalized spacial score (nSPS) is 15.0. The lowest BCUT2D eigenvalue weighted by Gasteiger charge is -2.28. The molecule has 0 saturated heterocycles. The number of fused-ring (bicyclic) bond motifs is 2. The van der Waals surface area contributed by atoms with Crippen LogP contribution in [0.15, 0.2) is 22.6 Å². The molecule has 1 aromatic carbocycles. The first-order valence-electron chi connectivity index (χ1n) is 8.03. The Hall–Kier alpha value is -2.47. The number of rotatable bonds is 2. The third kappa shape index (κ3) is 2.53. The highest BCUT2D eigenvalue weighted by Crippen LogP contribution is 2.28. The summed E-state index contributed by atoms with van der Waals surface area (Å²) in [7, 11) is 0. The molecule has 4 rings (SSSR count). The van der Waals surface area contributed by atoms with E-state index in [1.807, 2.05) is 19.9 Å². The van der Waals surface area contributed by atoms with Gasteiger partial charge in [0.2, 0.25) is 5.71 Å². The molecule has 0 unspecified atom stereocenters. The van der Waals surface area contributed by atoms with Crippen LogP contribution in [0, 0.1) is 19.7 Å². The summed E-state index contributed by atoms with van der Waals surface area (Å²) in [6.45, 7) is 5.98. The Kier molecular flexibility index (Phi) is 3.49. The zero-order chi connectivity index (χ0) is 16.8.